The Morgan fingerprint density at radius 2 is 1.87 bits per heavy atom. The zero-order valence-electron chi connectivity index (χ0n) is 15.4. The van der Waals surface area contributed by atoms with Crippen LogP contribution in [0.1, 0.15) is 5.56 Å². The Labute approximate surface area is 182 Å². The smallest absolute Gasteiger partial charge is 0.341 e. The van der Waals surface area contributed by atoms with E-state index in [4.69, 9.17) is 9.84 Å². The summed E-state index contributed by atoms with van der Waals surface area (Å²) >= 11 is 3.22. The van der Waals surface area contributed by atoms with Gasteiger partial charge in [-0.2, -0.15) is 0 Å². The van der Waals surface area contributed by atoms with Crippen LogP contribution in [-0.2, 0) is 14.4 Å². The molecule has 0 atom stereocenters. The van der Waals surface area contributed by atoms with Crippen LogP contribution in [0.2, 0.25) is 0 Å². The Bertz CT molecular complexity index is 1140. The molecule has 31 heavy (non-hydrogen) atoms. The molecular weight excluding hydrogens is 478 g/mol. The number of amides is 4. The summed E-state index contributed by atoms with van der Waals surface area (Å²) in [6.07, 6.45) is 1.24. The third kappa shape index (κ3) is 4.75. The van der Waals surface area contributed by atoms with Gasteiger partial charge in [0.1, 0.15) is 11.3 Å². The second-order valence-corrected chi connectivity index (χ2v) is 6.96. The summed E-state index contributed by atoms with van der Waals surface area (Å²) in [7, 11) is 0. The molecular formula is C19H12BrN3O8. The quantitative estimate of drug-likeness (QED) is 0.271. The lowest BCUT2D eigenvalue weighted by Crippen LogP contribution is -2.54. The summed E-state index contributed by atoms with van der Waals surface area (Å²) in [6, 6.07) is 8.14. The predicted molar refractivity (Wildman–Crippen MR) is 109 cm³/mol. The first kappa shape index (κ1) is 21.6. The van der Waals surface area contributed by atoms with Gasteiger partial charge in [-0.05, 0) is 51.8 Å². The van der Waals surface area contributed by atoms with Crippen molar-refractivity contribution < 1.29 is 33.9 Å². The number of ether oxygens (including phenoxy) is 1. The summed E-state index contributed by atoms with van der Waals surface area (Å²) in [6.45, 7) is -0.549. The van der Waals surface area contributed by atoms with Crippen molar-refractivity contribution in [2.24, 2.45) is 0 Å². The Morgan fingerprint density at radius 1 is 1.19 bits per heavy atom. The molecule has 3 rings (SSSR count). The number of hydrogen-bond donors (Lipinski definition) is 2. The molecule has 2 N–H and O–H groups in total. The van der Waals surface area contributed by atoms with Gasteiger partial charge in [0.15, 0.2) is 6.61 Å². The third-order valence-electron chi connectivity index (χ3n) is 4.04. The van der Waals surface area contributed by atoms with Gasteiger partial charge in [0.05, 0.1) is 15.1 Å². The molecule has 1 aliphatic heterocycles. The number of urea groups is 1. The maximum absolute atomic E-state index is 12.8. The van der Waals surface area contributed by atoms with Crippen molar-refractivity contribution in [2.45, 2.75) is 0 Å². The van der Waals surface area contributed by atoms with Gasteiger partial charge in [-0.15, -0.1) is 0 Å². The Morgan fingerprint density at radius 3 is 2.45 bits per heavy atom. The Hall–Kier alpha value is -4.06. The van der Waals surface area contributed by atoms with E-state index >= 15 is 0 Å². The average Bonchev–Trinajstić information content (AvgIpc) is 2.70. The van der Waals surface area contributed by atoms with E-state index in [9.17, 15) is 29.3 Å². The van der Waals surface area contributed by atoms with Crippen molar-refractivity contribution in [3.05, 3.63) is 68.2 Å². The zero-order valence-corrected chi connectivity index (χ0v) is 17.0. The number of nitro benzene ring substituents is 1. The van der Waals surface area contributed by atoms with E-state index in [0.717, 1.165) is 12.1 Å². The highest BCUT2D eigenvalue weighted by atomic mass is 79.9. The van der Waals surface area contributed by atoms with Crippen molar-refractivity contribution >= 4 is 57.2 Å². The van der Waals surface area contributed by atoms with Gasteiger partial charge in [-0.3, -0.25) is 25.0 Å². The summed E-state index contributed by atoms with van der Waals surface area (Å²) < 4.78 is 5.47. The van der Waals surface area contributed by atoms with Gasteiger partial charge >= 0.3 is 12.0 Å². The van der Waals surface area contributed by atoms with Crippen LogP contribution in [0.15, 0.2) is 52.5 Å². The van der Waals surface area contributed by atoms with Crippen LogP contribution in [0, 0.1) is 10.1 Å². The van der Waals surface area contributed by atoms with Crippen LogP contribution in [0.3, 0.4) is 0 Å². The van der Waals surface area contributed by atoms with E-state index in [2.05, 4.69) is 15.9 Å². The van der Waals surface area contributed by atoms with Crippen LogP contribution in [0.25, 0.3) is 6.08 Å². The number of nitrogens with one attached hydrogen (secondary N) is 1. The Balaban J connectivity index is 1.90. The monoisotopic (exact) mass is 489 g/mol. The Kier molecular flexibility index (Phi) is 6.11. The topological polar surface area (TPSA) is 156 Å². The molecule has 11 nitrogen and oxygen atoms in total. The predicted octanol–water partition coefficient (Wildman–Crippen LogP) is 2.49. The van der Waals surface area contributed by atoms with E-state index in [-0.39, 0.29) is 22.7 Å². The SMILES string of the molecule is O=C(O)COc1ccc(/C=C2\C(=O)NC(=O)N(c3ccc([N+](=O)[O-])cc3)C2=O)cc1Br. The number of barbiturate groups is 1. The molecule has 0 aliphatic carbocycles. The lowest BCUT2D eigenvalue weighted by Gasteiger charge is -2.26. The largest absolute Gasteiger partial charge is 0.481 e. The van der Waals surface area contributed by atoms with Crippen molar-refractivity contribution in [3.8, 4) is 5.75 Å². The minimum atomic E-state index is -1.15. The number of rotatable bonds is 6. The number of hydrogen-bond acceptors (Lipinski definition) is 7. The van der Waals surface area contributed by atoms with E-state index < -0.39 is 35.3 Å². The summed E-state index contributed by atoms with van der Waals surface area (Å²) in [5.74, 6) is -2.73. The standard InChI is InChI=1S/C19H12BrN3O8/c20-14-8-10(1-6-15(14)31-9-16(24)25)7-13-17(26)21-19(28)22(18(13)27)11-2-4-12(5-3-11)23(29)30/h1-8H,9H2,(H,24,25)(H,21,26,28)/b13-7+. The maximum atomic E-state index is 12.8. The molecule has 12 heteroatoms. The van der Waals surface area contributed by atoms with Gasteiger partial charge in [-0.1, -0.05) is 6.07 Å². The van der Waals surface area contributed by atoms with Crippen molar-refractivity contribution in [1.82, 2.24) is 5.32 Å². The lowest BCUT2D eigenvalue weighted by molar-refractivity contribution is -0.384. The first-order valence-corrected chi connectivity index (χ1v) is 9.26. The number of imide groups is 2. The molecule has 0 spiro atoms. The number of halogens is 1. The molecule has 2 aromatic carbocycles. The fourth-order valence-electron chi connectivity index (χ4n) is 2.65. The number of carbonyl (C=O) groups is 4. The van der Waals surface area contributed by atoms with Crippen molar-refractivity contribution in [2.75, 3.05) is 11.5 Å². The first-order valence-electron chi connectivity index (χ1n) is 8.47. The molecule has 0 unspecified atom stereocenters. The van der Waals surface area contributed by atoms with Gasteiger partial charge < -0.3 is 9.84 Å². The number of benzene rings is 2. The van der Waals surface area contributed by atoms with Crippen LogP contribution < -0.4 is 15.0 Å². The molecule has 0 bridgehead atoms. The van der Waals surface area contributed by atoms with Crippen LogP contribution >= 0.6 is 15.9 Å². The molecule has 1 saturated heterocycles. The number of carbonyl (C=O) groups excluding carboxylic acids is 3. The van der Waals surface area contributed by atoms with Gasteiger partial charge in [0, 0.05) is 12.1 Å². The van der Waals surface area contributed by atoms with E-state index in [1.54, 1.807) is 0 Å². The van der Waals surface area contributed by atoms with Crippen molar-refractivity contribution in [1.29, 1.82) is 0 Å². The highest BCUT2D eigenvalue weighted by Gasteiger charge is 2.37. The summed E-state index contributed by atoms with van der Waals surface area (Å²) in [5, 5.41) is 21.5. The second kappa shape index (κ2) is 8.75. The molecule has 1 fully saturated rings. The molecule has 4 amide bonds. The average molecular weight is 490 g/mol. The van der Waals surface area contributed by atoms with Gasteiger partial charge in [0.2, 0.25) is 0 Å². The van der Waals surface area contributed by atoms with Crippen LogP contribution in [0.5, 0.6) is 5.75 Å². The summed E-state index contributed by atoms with van der Waals surface area (Å²) in [4.78, 5) is 58.7. The number of nitro groups is 1. The van der Waals surface area contributed by atoms with E-state index in [1.807, 2.05) is 5.32 Å². The second-order valence-electron chi connectivity index (χ2n) is 6.10. The van der Waals surface area contributed by atoms with Crippen LogP contribution in [-0.4, -0.2) is 40.5 Å². The highest BCUT2D eigenvalue weighted by Crippen LogP contribution is 2.28. The highest BCUT2D eigenvalue weighted by molar-refractivity contribution is 9.10. The first-order chi connectivity index (χ1) is 14.7. The third-order valence-corrected chi connectivity index (χ3v) is 4.66. The van der Waals surface area contributed by atoms with Crippen LogP contribution in [0.4, 0.5) is 16.2 Å². The molecule has 1 heterocycles. The minimum absolute atomic E-state index is 0.0464. The van der Waals surface area contributed by atoms with Crippen molar-refractivity contribution in [3.63, 3.8) is 0 Å². The number of non-ortho nitro benzene ring substituents is 1. The number of nitrogens with zero attached hydrogens (tertiary/aromatic N) is 2. The molecule has 2 aromatic rings. The number of aliphatic carboxylic acids is 1. The van der Waals surface area contributed by atoms with E-state index in [1.165, 1.54) is 36.4 Å². The summed E-state index contributed by atoms with van der Waals surface area (Å²) in [5.41, 5.74) is -0.129. The molecule has 1 aliphatic rings. The molecule has 158 valence electrons. The fraction of sp³-hybridized carbons (Fsp3) is 0.0526. The van der Waals surface area contributed by atoms with E-state index in [0.29, 0.717) is 14.9 Å². The molecule has 0 saturated carbocycles. The normalized spacial score (nSPS) is 15.1. The zero-order chi connectivity index (χ0) is 22.7. The number of carboxylic acid groups (broad SMARTS) is 1. The lowest BCUT2D eigenvalue weighted by atomic mass is 10.1. The fourth-order valence-corrected chi connectivity index (χ4v) is 3.16. The van der Waals surface area contributed by atoms with Gasteiger partial charge in [0.25, 0.3) is 17.5 Å². The molecule has 0 aromatic heterocycles. The number of carboxylic acids is 1. The molecule has 0 radical (unpaired) electrons. The minimum Gasteiger partial charge on any atom is -0.481 e. The van der Waals surface area contributed by atoms with Gasteiger partial charge in [-0.25, -0.2) is 14.5 Å². The number of anilines is 1. The maximum Gasteiger partial charge on any atom is 0.341 e.